The Kier molecular flexibility index (Phi) is 5.02. The smallest absolute Gasteiger partial charge is 0.289 e. The van der Waals surface area contributed by atoms with Crippen molar-refractivity contribution in [3.05, 3.63) is 47.8 Å². The van der Waals surface area contributed by atoms with Crippen molar-refractivity contribution in [2.75, 3.05) is 26.2 Å². The van der Waals surface area contributed by atoms with Gasteiger partial charge in [0.15, 0.2) is 5.82 Å². The van der Waals surface area contributed by atoms with Crippen LogP contribution in [0.4, 0.5) is 0 Å². The molecule has 1 N–H and O–H groups in total. The summed E-state index contributed by atoms with van der Waals surface area (Å²) in [5, 5.41) is 0. The zero-order valence-electron chi connectivity index (χ0n) is 15.4. The molecule has 2 fully saturated rings. The maximum Gasteiger partial charge on any atom is 0.289 e. The number of likely N-dealkylation sites (tertiary alicyclic amines) is 2. The molecule has 2 aliphatic rings. The van der Waals surface area contributed by atoms with E-state index < -0.39 is 0 Å². The fourth-order valence-corrected chi connectivity index (χ4v) is 4.36. The predicted octanol–water partition coefficient (Wildman–Crippen LogP) is 2.49. The van der Waals surface area contributed by atoms with E-state index >= 15 is 0 Å². The lowest BCUT2D eigenvalue weighted by Crippen LogP contribution is -2.37. The van der Waals surface area contributed by atoms with E-state index in [4.69, 9.17) is 0 Å². The molecule has 1 amide bonds. The topological polar surface area (TPSA) is 65.1 Å². The van der Waals surface area contributed by atoms with Gasteiger partial charge >= 0.3 is 0 Å². The minimum absolute atomic E-state index is 0.0506. The summed E-state index contributed by atoms with van der Waals surface area (Å²) in [6, 6.07) is 4.16. The standard InChI is InChI=1S/C20H27N5O/c1-15-11-22-19(23-15)20(26)25-10-6-18(14-25)17-4-8-24(9-5-17)13-16-3-2-7-21-12-16/h2-3,7,11-12,17-18H,4-6,8-10,13-14H2,1H3,(H,22,23)/t18-/m1/s1. The van der Waals surface area contributed by atoms with Crippen LogP contribution in [-0.4, -0.2) is 56.8 Å². The van der Waals surface area contributed by atoms with Gasteiger partial charge in [0.1, 0.15) is 0 Å². The number of rotatable bonds is 4. The molecule has 4 heterocycles. The largest absolute Gasteiger partial charge is 0.338 e. The third-order valence-corrected chi connectivity index (χ3v) is 5.85. The second-order valence-electron chi connectivity index (χ2n) is 7.69. The van der Waals surface area contributed by atoms with E-state index in [0.717, 1.165) is 50.8 Å². The van der Waals surface area contributed by atoms with Gasteiger partial charge in [-0.3, -0.25) is 14.7 Å². The van der Waals surface area contributed by atoms with Crippen LogP contribution in [0.3, 0.4) is 0 Å². The first-order valence-corrected chi connectivity index (χ1v) is 9.61. The van der Waals surface area contributed by atoms with Gasteiger partial charge in [-0.15, -0.1) is 0 Å². The molecule has 6 nitrogen and oxygen atoms in total. The molecule has 2 aromatic rings. The van der Waals surface area contributed by atoms with Crippen molar-refractivity contribution in [3.63, 3.8) is 0 Å². The van der Waals surface area contributed by atoms with Crippen LogP contribution < -0.4 is 0 Å². The Labute approximate surface area is 154 Å². The van der Waals surface area contributed by atoms with E-state index in [1.54, 1.807) is 6.20 Å². The van der Waals surface area contributed by atoms with Crippen LogP contribution in [0, 0.1) is 18.8 Å². The summed E-state index contributed by atoms with van der Waals surface area (Å²) in [6.07, 6.45) is 9.09. The highest BCUT2D eigenvalue weighted by Crippen LogP contribution is 2.32. The number of hydrogen-bond acceptors (Lipinski definition) is 4. The van der Waals surface area contributed by atoms with Crippen LogP contribution in [0.1, 0.15) is 41.1 Å². The van der Waals surface area contributed by atoms with E-state index in [0.29, 0.717) is 11.7 Å². The summed E-state index contributed by atoms with van der Waals surface area (Å²) in [7, 11) is 0. The molecule has 4 rings (SSSR count). The molecular weight excluding hydrogens is 326 g/mol. The van der Waals surface area contributed by atoms with Crippen molar-refractivity contribution in [3.8, 4) is 0 Å². The van der Waals surface area contributed by atoms with Crippen LogP contribution in [0.2, 0.25) is 0 Å². The van der Waals surface area contributed by atoms with Gasteiger partial charge in [-0.1, -0.05) is 6.07 Å². The number of piperidine rings is 1. The van der Waals surface area contributed by atoms with Crippen LogP contribution in [0.25, 0.3) is 0 Å². The number of H-pyrrole nitrogens is 1. The molecule has 0 saturated carbocycles. The molecule has 0 radical (unpaired) electrons. The third-order valence-electron chi connectivity index (χ3n) is 5.85. The van der Waals surface area contributed by atoms with Crippen LogP contribution in [0.15, 0.2) is 30.7 Å². The van der Waals surface area contributed by atoms with Gasteiger partial charge in [-0.2, -0.15) is 0 Å². The number of imidazole rings is 1. The lowest BCUT2D eigenvalue weighted by molar-refractivity contribution is 0.0762. The zero-order valence-corrected chi connectivity index (χ0v) is 15.4. The Morgan fingerprint density at radius 2 is 2.00 bits per heavy atom. The Morgan fingerprint density at radius 3 is 2.69 bits per heavy atom. The number of aromatic nitrogens is 3. The second-order valence-corrected chi connectivity index (χ2v) is 7.69. The quantitative estimate of drug-likeness (QED) is 0.917. The highest BCUT2D eigenvalue weighted by Gasteiger charge is 2.34. The number of amides is 1. The summed E-state index contributed by atoms with van der Waals surface area (Å²) in [4.78, 5) is 28.5. The van der Waals surface area contributed by atoms with Crippen molar-refractivity contribution in [2.24, 2.45) is 11.8 Å². The second kappa shape index (κ2) is 7.58. The number of nitrogens with one attached hydrogen (secondary N) is 1. The minimum Gasteiger partial charge on any atom is -0.338 e. The summed E-state index contributed by atoms with van der Waals surface area (Å²) < 4.78 is 0. The monoisotopic (exact) mass is 353 g/mol. The molecule has 0 aromatic carbocycles. The number of aromatic amines is 1. The van der Waals surface area contributed by atoms with Crippen molar-refractivity contribution >= 4 is 5.91 Å². The molecule has 2 saturated heterocycles. The van der Waals surface area contributed by atoms with Crippen LogP contribution in [-0.2, 0) is 6.54 Å². The van der Waals surface area contributed by atoms with E-state index in [2.05, 4.69) is 25.9 Å². The summed E-state index contributed by atoms with van der Waals surface area (Å²) >= 11 is 0. The Bertz CT molecular complexity index is 736. The van der Waals surface area contributed by atoms with Gasteiger partial charge in [0, 0.05) is 43.9 Å². The molecule has 138 valence electrons. The van der Waals surface area contributed by atoms with Crippen molar-refractivity contribution in [2.45, 2.75) is 32.7 Å². The van der Waals surface area contributed by atoms with Gasteiger partial charge in [-0.25, -0.2) is 4.98 Å². The van der Waals surface area contributed by atoms with Crippen LogP contribution >= 0.6 is 0 Å². The maximum atomic E-state index is 12.6. The molecule has 0 aliphatic carbocycles. The van der Waals surface area contributed by atoms with Crippen molar-refractivity contribution in [1.29, 1.82) is 0 Å². The first-order chi connectivity index (χ1) is 12.7. The molecule has 2 aliphatic heterocycles. The van der Waals surface area contributed by atoms with Gasteiger partial charge in [0.2, 0.25) is 0 Å². The average Bonchev–Trinajstić information content (AvgIpc) is 3.32. The Morgan fingerprint density at radius 1 is 1.19 bits per heavy atom. The van der Waals surface area contributed by atoms with Crippen LogP contribution in [0.5, 0.6) is 0 Å². The van der Waals surface area contributed by atoms with Gasteiger partial charge in [-0.05, 0) is 62.7 Å². The number of aryl methyl sites for hydroxylation is 1. The lowest BCUT2D eigenvalue weighted by atomic mass is 9.83. The predicted molar refractivity (Wildman–Crippen MR) is 99.6 cm³/mol. The molecule has 0 unspecified atom stereocenters. The maximum absolute atomic E-state index is 12.6. The normalized spacial score (nSPS) is 22.0. The number of carbonyl (C=O) groups excluding carboxylic acids is 1. The number of hydrogen-bond donors (Lipinski definition) is 1. The van der Waals surface area contributed by atoms with E-state index in [1.807, 2.05) is 30.3 Å². The van der Waals surface area contributed by atoms with Crippen molar-refractivity contribution < 1.29 is 4.79 Å². The number of pyridine rings is 1. The molecular formula is C20H27N5O. The van der Waals surface area contributed by atoms with Gasteiger partial charge < -0.3 is 9.88 Å². The molecule has 0 bridgehead atoms. The highest BCUT2D eigenvalue weighted by atomic mass is 16.2. The molecule has 2 aromatic heterocycles. The van der Waals surface area contributed by atoms with Gasteiger partial charge in [0.05, 0.1) is 0 Å². The summed E-state index contributed by atoms with van der Waals surface area (Å²) in [6.45, 7) is 6.94. The first kappa shape index (κ1) is 17.2. The molecule has 6 heteroatoms. The third kappa shape index (κ3) is 3.80. The fraction of sp³-hybridized carbons (Fsp3) is 0.550. The Hall–Kier alpha value is -2.21. The zero-order chi connectivity index (χ0) is 17.9. The SMILES string of the molecule is Cc1cnc(C(=O)N2CC[C@@H](C3CCN(Cc4cccnc4)CC3)C2)[nH]1. The highest BCUT2D eigenvalue weighted by molar-refractivity contribution is 5.90. The van der Waals surface area contributed by atoms with E-state index in [-0.39, 0.29) is 5.91 Å². The van der Waals surface area contributed by atoms with Crippen molar-refractivity contribution in [1.82, 2.24) is 24.8 Å². The summed E-state index contributed by atoms with van der Waals surface area (Å²) in [5.74, 6) is 1.90. The summed E-state index contributed by atoms with van der Waals surface area (Å²) in [5.41, 5.74) is 2.22. The average molecular weight is 353 g/mol. The molecule has 0 spiro atoms. The number of nitrogens with zero attached hydrogens (tertiary/aromatic N) is 4. The minimum atomic E-state index is 0.0506. The Balaban J connectivity index is 1.27. The van der Waals surface area contributed by atoms with E-state index in [9.17, 15) is 4.79 Å². The van der Waals surface area contributed by atoms with Gasteiger partial charge in [0.25, 0.3) is 5.91 Å². The number of carbonyl (C=O) groups is 1. The molecule has 1 atom stereocenters. The lowest BCUT2D eigenvalue weighted by Gasteiger charge is -2.34. The first-order valence-electron chi connectivity index (χ1n) is 9.61. The fourth-order valence-electron chi connectivity index (χ4n) is 4.36. The van der Waals surface area contributed by atoms with E-state index in [1.165, 1.54) is 18.4 Å². The molecule has 26 heavy (non-hydrogen) atoms.